The minimum Gasteiger partial charge on any atom is -0.316 e. The molecular formula is C8H13N3. The Morgan fingerprint density at radius 1 is 1.36 bits per heavy atom. The normalized spacial score (nSPS) is 10.0. The maximum Gasteiger partial charge on any atom is 0.127 e. The Morgan fingerprint density at radius 2 is 2.00 bits per heavy atom. The highest BCUT2D eigenvalue weighted by Gasteiger charge is 1.92. The maximum absolute atomic E-state index is 4.16. The van der Waals surface area contributed by atoms with Crippen molar-refractivity contribution in [2.75, 3.05) is 7.05 Å². The lowest BCUT2D eigenvalue weighted by molar-refractivity contribution is 0.796. The molecule has 1 aromatic heterocycles. The second-order valence-corrected chi connectivity index (χ2v) is 2.39. The zero-order chi connectivity index (χ0) is 8.10. The van der Waals surface area contributed by atoms with Gasteiger partial charge in [-0.05, 0) is 7.05 Å². The average Bonchev–Trinajstić information content (AvgIpc) is 2.07. The zero-order valence-electron chi connectivity index (χ0n) is 6.96. The third-order valence-electron chi connectivity index (χ3n) is 1.46. The standard InChI is InChI=1S/C8H13N3/c1-3-8-10-5-7(4-9-2)6-11-8/h5-6,9H,3-4H2,1-2H3. The third-order valence-corrected chi connectivity index (χ3v) is 1.46. The molecule has 3 nitrogen and oxygen atoms in total. The Bertz CT molecular complexity index is 205. The van der Waals surface area contributed by atoms with Gasteiger partial charge in [-0.15, -0.1) is 0 Å². The Labute approximate surface area is 66.9 Å². The molecule has 1 N–H and O–H groups in total. The van der Waals surface area contributed by atoms with E-state index in [9.17, 15) is 0 Å². The van der Waals surface area contributed by atoms with Crippen LogP contribution in [0.1, 0.15) is 18.3 Å². The molecule has 0 saturated heterocycles. The summed E-state index contributed by atoms with van der Waals surface area (Å²) in [4.78, 5) is 8.33. The van der Waals surface area contributed by atoms with Gasteiger partial charge in [-0.1, -0.05) is 6.92 Å². The summed E-state index contributed by atoms with van der Waals surface area (Å²) >= 11 is 0. The van der Waals surface area contributed by atoms with Gasteiger partial charge >= 0.3 is 0 Å². The number of hydrogen-bond acceptors (Lipinski definition) is 3. The highest BCUT2D eigenvalue weighted by atomic mass is 14.9. The fourth-order valence-electron chi connectivity index (χ4n) is 0.859. The van der Waals surface area contributed by atoms with Crippen molar-refractivity contribution in [1.29, 1.82) is 0 Å². The van der Waals surface area contributed by atoms with Gasteiger partial charge < -0.3 is 5.32 Å². The van der Waals surface area contributed by atoms with Crippen LogP contribution in [0.4, 0.5) is 0 Å². The quantitative estimate of drug-likeness (QED) is 0.693. The van der Waals surface area contributed by atoms with Gasteiger partial charge in [0.2, 0.25) is 0 Å². The number of hydrogen-bond donors (Lipinski definition) is 1. The summed E-state index contributed by atoms with van der Waals surface area (Å²) in [6.45, 7) is 2.89. The van der Waals surface area contributed by atoms with Crippen molar-refractivity contribution < 1.29 is 0 Å². The molecule has 0 amide bonds. The van der Waals surface area contributed by atoms with Crippen molar-refractivity contribution >= 4 is 0 Å². The molecule has 0 unspecified atom stereocenters. The fourth-order valence-corrected chi connectivity index (χ4v) is 0.859. The monoisotopic (exact) mass is 151 g/mol. The highest BCUT2D eigenvalue weighted by Crippen LogP contribution is 1.95. The van der Waals surface area contributed by atoms with E-state index in [4.69, 9.17) is 0 Å². The first-order chi connectivity index (χ1) is 5.36. The van der Waals surface area contributed by atoms with Gasteiger partial charge in [0, 0.05) is 30.9 Å². The lowest BCUT2D eigenvalue weighted by atomic mass is 10.3. The SMILES string of the molecule is CCc1ncc(CNC)cn1. The Kier molecular flexibility index (Phi) is 2.98. The number of aromatic nitrogens is 2. The third kappa shape index (κ3) is 2.27. The fraction of sp³-hybridized carbons (Fsp3) is 0.500. The van der Waals surface area contributed by atoms with Crippen LogP contribution in [-0.4, -0.2) is 17.0 Å². The number of nitrogens with zero attached hydrogens (tertiary/aromatic N) is 2. The van der Waals surface area contributed by atoms with Gasteiger partial charge in [-0.2, -0.15) is 0 Å². The first kappa shape index (κ1) is 8.14. The zero-order valence-corrected chi connectivity index (χ0v) is 6.96. The van der Waals surface area contributed by atoms with Crippen molar-refractivity contribution in [2.45, 2.75) is 19.9 Å². The molecule has 0 fully saturated rings. The van der Waals surface area contributed by atoms with Gasteiger partial charge in [-0.25, -0.2) is 9.97 Å². The van der Waals surface area contributed by atoms with Crippen LogP contribution >= 0.6 is 0 Å². The summed E-state index contributed by atoms with van der Waals surface area (Å²) in [5.41, 5.74) is 1.13. The van der Waals surface area contributed by atoms with Crippen LogP contribution in [0.3, 0.4) is 0 Å². The highest BCUT2D eigenvalue weighted by molar-refractivity contribution is 5.04. The molecule has 0 atom stereocenters. The van der Waals surface area contributed by atoms with Crippen molar-refractivity contribution in [2.24, 2.45) is 0 Å². The van der Waals surface area contributed by atoms with Crippen molar-refractivity contribution in [3.63, 3.8) is 0 Å². The van der Waals surface area contributed by atoms with E-state index in [-0.39, 0.29) is 0 Å². The lowest BCUT2D eigenvalue weighted by Gasteiger charge is -1.98. The smallest absolute Gasteiger partial charge is 0.127 e. The van der Waals surface area contributed by atoms with Crippen LogP contribution < -0.4 is 5.32 Å². The Morgan fingerprint density at radius 3 is 2.45 bits per heavy atom. The lowest BCUT2D eigenvalue weighted by Crippen LogP contribution is -2.06. The minimum atomic E-state index is 0.837. The minimum absolute atomic E-state index is 0.837. The molecule has 1 heterocycles. The second kappa shape index (κ2) is 4.03. The molecule has 0 bridgehead atoms. The van der Waals surface area contributed by atoms with E-state index in [0.717, 1.165) is 24.4 Å². The first-order valence-electron chi connectivity index (χ1n) is 3.81. The Hall–Kier alpha value is -0.960. The predicted molar refractivity (Wildman–Crippen MR) is 44.2 cm³/mol. The number of aryl methyl sites for hydroxylation is 1. The summed E-state index contributed by atoms with van der Waals surface area (Å²) in [6, 6.07) is 0. The predicted octanol–water partition coefficient (Wildman–Crippen LogP) is 0.758. The average molecular weight is 151 g/mol. The topological polar surface area (TPSA) is 37.8 Å². The largest absolute Gasteiger partial charge is 0.316 e. The Balaban J connectivity index is 2.66. The summed E-state index contributed by atoms with van der Waals surface area (Å²) < 4.78 is 0. The van der Waals surface area contributed by atoms with Gasteiger partial charge in [-0.3, -0.25) is 0 Å². The van der Waals surface area contributed by atoms with Crippen molar-refractivity contribution in [3.8, 4) is 0 Å². The molecule has 0 radical (unpaired) electrons. The molecule has 0 spiro atoms. The van der Waals surface area contributed by atoms with Gasteiger partial charge in [0.25, 0.3) is 0 Å². The van der Waals surface area contributed by atoms with E-state index in [1.807, 2.05) is 26.4 Å². The van der Waals surface area contributed by atoms with Crippen LogP contribution in [0.15, 0.2) is 12.4 Å². The van der Waals surface area contributed by atoms with E-state index < -0.39 is 0 Å². The van der Waals surface area contributed by atoms with Gasteiger partial charge in [0.15, 0.2) is 0 Å². The molecule has 0 saturated carbocycles. The van der Waals surface area contributed by atoms with Crippen LogP contribution in [-0.2, 0) is 13.0 Å². The van der Waals surface area contributed by atoms with Gasteiger partial charge in [0.05, 0.1) is 0 Å². The number of nitrogens with one attached hydrogen (secondary N) is 1. The van der Waals surface area contributed by atoms with Gasteiger partial charge in [0.1, 0.15) is 5.82 Å². The van der Waals surface area contributed by atoms with E-state index in [2.05, 4.69) is 15.3 Å². The molecule has 1 aromatic rings. The summed E-state index contributed by atoms with van der Waals surface area (Å²) in [7, 11) is 1.91. The molecule has 0 aliphatic rings. The van der Waals surface area contributed by atoms with E-state index in [1.54, 1.807) is 0 Å². The van der Waals surface area contributed by atoms with Crippen molar-refractivity contribution in [3.05, 3.63) is 23.8 Å². The molecule has 1 rings (SSSR count). The summed E-state index contributed by atoms with van der Waals surface area (Å²) in [5, 5.41) is 3.04. The summed E-state index contributed by atoms with van der Waals surface area (Å²) in [5.74, 6) is 0.907. The van der Waals surface area contributed by atoms with E-state index >= 15 is 0 Å². The number of rotatable bonds is 3. The molecular weight excluding hydrogens is 138 g/mol. The molecule has 0 aromatic carbocycles. The molecule has 60 valence electrons. The molecule has 11 heavy (non-hydrogen) atoms. The summed E-state index contributed by atoms with van der Waals surface area (Å²) in [6.07, 6.45) is 4.63. The van der Waals surface area contributed by atoms with E-state index in [0.29, 0.717) is 0 Å². The van der Waals surface area contributed by atoms with E-state index in [1.165, 1.54) is 0 Å². The first-order valence-corrected chi connectivity index (χ1v) is 3.81. The molecule has 0 aliphatic heterocycles. The maximum atomic E-state index is 4.16. The molecule has 0 aliphatic carbocycles. The van der Waals surface area contributed by atoms with Crippen LogP contribution in [0.25, 0.3) is 0 Å². The second-order valence-electron chi connectivity index (χ2n) is 2.39. The van der Waals surface area contributed by atoms with Crippen molar-refractivity contribution in [1.82, 2.24) is 15.3 Å². The molecule has 3 heteroatoms. The van der Waals surface area contributed by atoms with Crippen LogP contribution in [0, 0.1) is 0 Å². The van der Waals surface area contributed by atoms with Crippen LogP contribution in [0.2, 0.25) is 0 Å². The van der Waals surface area contributed by atoms with Crippen LogP contribution in [0.5, 0.6) is 0 Å².